The minimum Gasteiger partial charge on any atom is -0.356 e. The molecule has 2 heteroatoms. The van der Waals surface area contributed by atoms with Crippen LogP contribution in [0.15, 0.2) is 12.1 Å². The first-order valence-electron chi connectivity index (χ1n) is 3.38. The molecule has 0 fully saturated rings. The van der Waals surface area contributed by atoms with E-state index < -0.39 is 0 Å². The standard InChI is InChI=1S/C8H11NO/c1-6(2)8-4-3-7(5-10)9-8/h3-6,9H,1-2H3. The van der Waals surface area contributed by atoms with Crippen molar-refractivity contribution in [2.45, 2.75) is 19.8 Å². The Hall–Kier alpha value is -1.05. The Morgan fingerprint density at radius 3 is 2.50 bits per heavy atom. The van der Waals surface area contributed by atoms with E-state index in [1.54, 1.807) is 6.07 Å². The van der Waals surface area contributed by atoms with Crippen LogP contribution in [0.3, 0.4) is 0 Å². The van der Waals surface area contributed by atoms with Gasteiger partial charge in [0.2, 0.25) is 0 Å². The lowest BCUT2D eigenvalue weighted by Crippen LogP contribution is -1.87. The number of carbonyl (C=O) groups is 1. The van der Waals surface area contributed by atoms with Gasteiger partial charge in [0, 0.05) is 5.69 Å². The van der Waals surface area contributed by atoms with E-state index in [9.17, 15) is 4.79 Å². The van der Waals surface area contributed by atoms with Crippen molar-refractivity contribution in [2.24, 2.45) is 0 Å². The van der Waals surface area contributed by atoms with E-state index in [4.69, 9.17) is 0 Å². The number of hydrogen-bond donors (Lipinski definition) is 1. The van der Waals surface area contributed by atoms with Gasteiger partial charge in [-0.25, -0.2) is 0 Å². The molecule has 1 heterocycles. The predicted octanol–water partition coefficient (Wildman–Crippen LogP) is 1.95. The topological polar surface area (TPSA) is 32.9 Å². The molecular weight excluding hydrogens is 126 g/mol. The van der Waals surface area contributed by atoms with Gasteiger partial charge in [0.25, 0.3) is 0 Å². The summed E-state index contributed by atoms with van der Waals surface area (Å²) in [5.74, 6) is 0.466. The Morgan fingerprint density at radius 1 is 1.50 bits per heavy atom. The zero-order valence-corrected chi connectivity index (χ0v) is 6.22. The molecular formula is C8H11NO. The third-order valence-corrected chi connectivity index (χ3v) is 1.48. The van der Waals surface area contributed by atoms with Crippen LogP contribution < -0.4 is 0 Å². The number of carbonyl (C=O) groups excluding carboxylic acids is 1. The Balaban J connectivity index is 2.88. The minimum atomic E-state index is 0.466. The van der Waals surface area contributed by atoms with Crippen molar-refractivity contribution < 1.29 is 4.79 Å². The van der Waals surface area contributed by atoms with E-state index >= 15 is 0 Å². The maximum Gasteiger partial charge on any atom is 0.166 e. The highest BCUT2D eigenvalue weighted by molar-refractivity contribution is 5.72. The molecule has 54 valence electrons. The van der Waals surface area contributed by atoms with Crippen LogP contribution in [0.4, 0.5) is 0 Å². The molecule has 0 unspecified atom stereocenters. The van der Waals surface area contributed by atoms with Crippen LogP contribution in [0.25, 0.3) is 0 Å². The Labute approximate surface area is 60.3 Å². The molecule has 1 rings (SSSR count). The summed E-state index contributed by atoms with van der Waals surface area (Å²) < 4.78 is 0. The number of aldehydes is 1. The zero-order valence-electron chi connectivity index (χ0n) is 6.22. The average molecular weight is 137 g/mol. The van der Waals surface area contributed by atoms with Crippen LogP contribution in [-0.4, -0.2) is 11.3 Å². The predicted molar refractivity (Wildman–Crippen MR) is 40.3 cm³/mol. The molecule has 0 amide bonds. The quantitative estimate of drug-likeness (QED) is 0.621. The summed E-state index contributed by atoms with van der Waals surface area (Å²) >= 11 is 0. The Kier molecular flexibility index (Phi) is 1.90. The van der Waals surface area contributed by atoms with Gasteiger partial charge in [0.1, 0.15) is 0 Å². The zero-order chi connectivity index (χ0) is 7.56. The van der Waals surface area contributed by atoms with Gasteiger partial charge >= 0.3 is 0 Å². The molecule has 1 aromatic heterocycles. The van der Waals surface area contributed by atoms with Crippen LogP contribution in [0.2, 0.25) is 0 Å². The van der Waals surface area contributed by atoms with Gasteiger partial charge in [-0.2, -0.15) is 0 Å². The van der Waals surface area contributed by atoms with Crippen LogP contribution in [0, 0.1) is 0 Å². The van der Waals surface area contributed by atoms with E-state index in [1.165, 1.54) is 0 Å². The maximum absolute atomic E-state index is 10.2. The minimum absolute atomic E-state index is 0.466. The van der Waals surface area contributed by atoms with Crippen LogP contribution in [0.5, 0.6) is 0 Å². The summed E-state index contributed by atoms with van der Waals surface area (Å²) in [4.78, 5) is 13.2. The summed E-state index contributed by atoms with van der Waals surface area (Å²) in [6.45, 7) is 4.17. The second-order valence-corrected chi connectivity index (χ2v) is 2.64. The molecule has 0 spiro atoms. The molecule has 1 N–H and O–H groups in total. The van der Waals surface area contributed by atoms with Crippen molar-refractivity contribution in [3.63, 3.8) is 0 Å². The lowest BCUT2D eigenvalue weighted by molar-refractivity contribution is 0.111. The Bertz CT molecular complexity index is 225. The Morgan fingerprint density at radius 2 is 2.20 bits per heavy atom. The molecule has 0 radical (unpaired) electrons. The summed E-state index contributed by atoms with van der Waals surface area (Å²) in [5.41, 5.74) is 1.77. The highest BCUT2D eigenvalue weighted by Gasteiger charge is 2.00. The lowest BCUT2D eigenvalue weighted by Gasteiger charge is -1.97. The molecule has 0 aromatic carbocycles. The van der Waals surface area contributed by atoms with Crippen molar-refractivity contribution in [1.82, 2.24) is 4.98 Å². The van der Waals surface area contributed by atoms with Gasteiger partial charge < -0.3 is 4.98 Å². The van der Waals surface area contributed by atoms with Gasteiger partial charge in [-0.05, 0) is 18.1 Å². The van der Waals surface area contributed by atoms with Gasteiger partial charge in [-0.3, -0.25) is 4.79 Å². The first-order chi connectivity index (χ1) is 4.74. The first-order valence-corrected chi connectivity index (χ1v) is 3.38. The second kappa shape index (κ2) is 2.69. The van der Waals surface area contributed by atoms with Crippen LogP contribution >= 0.6 is 0 Å². The largest absolute Gasteiger partial charge is 0.356 e. The van der Waals surface area contributed by atoms with E-state index in [0.717, 1.165) is 12.0 Å². The molecule has 0 saturated heterocycles. The number of hydrogen-bond acceptors (Lipinski definition) is 1. The van der Waals surface area contributed by atoms with Crippen molar-refractivity contribution in [3.05, 3.63) is 23.5 Å². The number of rotatable bonds is 2. The van der Waals surface area contributed by atoms with Crippen LogP contribution in [-0.2, 0) is 0 Å². The smallest absolute Gasteiger partial charge is 0.166 e. The highest BCUT2D eigenvalue weighted by Crippen LogP contribution is 2.11. The van der Waals surface area contributed by atoms with Crippen molar-refractivity contribution in [1.29, 1.82) is 0 Å². The molecule has 0 atom stereocenters. The molecule has 10 heavy (non-hydrogen) atoms. The van der Waals surface area contributed by atoms with E-state index in [1.807, 2.05) is 6.07 Å². The lowest BCUT2D eigenvalue weighted by atomic mass is 10.1. The fraction of sp³-hybridized carbons (Fsp3) is 0.375. The number of nitrogens with one attached hydrogen (secondary N) is 1. The number of aromatic amines is 1. The van der Waals surface area contributed by atoms with Gasteiger partial charge in [-0.15, -0.1) is 0 Å². The van der Waals surface area contributed by atoms with E-state index in [0.29, 0.717) is 11.6 Å². The average Bonchev–Trinajstić information content (AvgIpc) is 2.34. The van der Waals surface area contributed by atoms with Crippen LogP contribution in [0.1, 0.15) is 35.9 Å². The molecule has 0 aliphatic carbocycles. The summed E-state index contributed by atoms with van der Waals surface area (Å²) in [5, 5.41) is 0. The molecule has 1 aromatic rings. The maximum atomic E-state index is 10.2. The SMILES string of the molecule is CC(C)c1ccc(C=O)[nH]1. The molecule has 2 nitrogen and oxygen atoms in total. The van der Waals surface area contributed by atoms with Crippen molar-refractivity contribution in [2.75, 3.05) is 0 Å². The van der Waals surface area contributed by atoms with E-state index in [-0.39, 0.29) is 0 Å². The van der Waals surface area contributed by atoms with Gasteiger partial charge in [0.15, 0.2) is 6.29 Å². The normalized spacial score (nSPS) is 10.3. The second-order valence-electron chi connectivity index (χ2n) is 2.64. The van der Waals surface area contributed by atoms with E-state index in [2.05, 4.69) is 18.8 Å². The summed E-state index contributed by atoms with van der Waals surface area (Å²) in [6, 6.07) is 3.73. The third-order valence-electron chi connectivity index (χ3n) is 1.48. The first kappa shape index (κ1) is 7.06. The highest BCUT2D eigenvalue weighted by atomic mass is 16.1. The molecule has 0 saturated carbocycles. The molecule has 0 aliphatic rings. The third kappa shape index (κ3) is 1.26. The summed E-state index contributed by atoms with van der Waals surface area (Å²) in [6.07, 6.45) is 0.825. The van der Waals surface area contributed by atoms with Gasteiger partial charge in [0.05, 0.1) is 5.69 Å². The monoisotopic (exact) mass is 137 g/mol. The van der Waals surface area contributed by atoms with Crippen molar-refractivity contribution >= 4 is 6.29 Å². The van der Waals surface area contributed by atoms with Crippen molar-refractivity contribution in [3.8, 4) is 0 Å². The molecule has 0 aliphatic heterocycles. The number of aromatic nitrogens is 1. The van der Waals surface area contributed by atoms with Gasteiger partial charge in [-0.1, -0.05) is 13.8 Å². The fourth-order valence-corrected chi connectivity index (χ4v) is 0.835. The summed E-state index contributed by atoms with van der Waals surface area (Å²) in [7, 11) is 0. The molecule has 0 bridgehead atoms. The number of H-pyrrole nitrogens is 1. The fourth-order valence-electron chi connectivity index (χ4n) is 0.835.